The maximum atomic E-state index is 13.4. The first-order valence-electron chi connectivity index (χ1n) is 10.3. The number of hydrogen-bond donors (Lipinski definition) is 0. The Morgan fingerprint density at radius 1 is 1.00 bits per heavy atom. The minimum absolute atomic E-state index is 0.0963. The van der Waals surface area contributed by atoms with Crippen LogP contribution in [0.1, 0.15) is 29.5 Å². The molecule has 2 atom stereocenters. The van der Waals surface area contributed by atoms with E-state index in [0.717, 1.165) is 24.2 Å². The van der Waals surface area contributed by atoms with Crippen molar-refractivity contribution in [2.24, 2.45) is 4.99 Å². The second-order valence-electron chi connectivity index (χ2n) is 7.89. The number of aliphatic imine (C=N–C) groups is 1. The quantitative estimate of drug-likeness (QED) is 0.351. The van der Waals surface area contributed by atoms with Gasteiger partial charge in [-0.25, -0.2) is 15.0 Å². The molecule has 152 valence electrons. The molecule has 2 aromatic heterocycles. The van der Waals surface area contributed by atoms with Gasteiger partial charge in [0.2, 0.25) is 0 Å². The minimum Gasteiger partial charge on any atom is -0.282 e. The van der Waals surface area contributed by atoms with Gasteiger partial charge in [0, 0.05) is 42.2 Å². The molecule has 4 aromatic rings. The molecule has 0 radical (unpaired) electrons. The Hall–Kier alpha value is -3.32. The predicted molar refractivity (Wildman–Crippen MR) is 122 cm³/mol. The van der Waals surface area contributed by atoms with Crippen LogP contribution in [0, 0.1) is 0 Å². The zero-order valence-corrected chi connectivity index (χ0v) is 17.5. The topological polar surface area (TPSA) is 73.0 Å². The Morgan fingerprint density at radius 3 is 2.68 bits per heavy atom. The molecule has 2 unspecified atom stereocenters. The molecule has 1 aliphatic heterocycles. The first kappa shape index (κ1) is 18.4. The molecule has 2 aliphatic rings. The van der Waals surface area contributed by atoms with Crippen LogP contribution in [-0.4, -0.2) is 31.0 Å². The molecule has 3 heterocycles. The summed E-state index contributed by atoms with van der Waals surface area (Å²) in [6, 6.07) is 18.7. The maximum absolute atomic E-state index is 13.4. The van der Waals surface area contributed by atoms with Crippen molar-refractivity contribution >= 4 is 34.3 Å². The van der Waals surface area contributed by atoms with E-state index in [2.05, 4.69) is 28.2 Å². The van der Waals surface area contributed by atoms with E-state index in [9.17, 15) is 4.79 Å². The standard InChI is InChI=1S/C24H19N5OS/c30-23-21-22(26-11-10-25-21)28-24(29(23)20-13-18(20)15-6-2-1-3-7-15)31-14-17-12-16-8-4-5-9-19(16)27-17/h1-11,18,20H,12-14H2. The molecule has 6 rings (SSSR count). The van der Waals surface area contributed by atoms with Gasteiger partial charge < -0.3 is 0 Å². The van der Waals surface area contributed by atoms with Gasteiger partial charge in [0.25, 0.3) is 5.56 Å². The van der Waals surface area contributed by atoms with Crippen molar-refractivity contribution in [1.29, 1.82) is 0 Å². The van der Waals surface area contributed by atoms with E-state index in [-0.39, 0.29) is 11.6 Å². The van der Waals surface area contributed by atoms with Crippen LogP contribution in [0.4, 0.5) is 5.69 Å². The van der Waals surface area contributed by atoms with Crippen molar-refractivity contribution in [3.63, 3.8) is 0 Å². The van der Waals surface area contributed by atoms with Gasteiger partial charge in [0.1, 0.15) is 0 Å². The fourth-order valence-electron chi connectivity index (χ4n) is 4.26. The van der Waals surface area contributed by atoms with E-state index < -0.39 is 0 Å². The highest BCUT2D eigenvalue weighted by Crippen LogP contribution is 2.51. The van der Waals surface area contributed by atoms with Gasteiger partial charge >= 0.3 is 0 Å². The molecule has 1 saturated carbocycles. The average molecular weight is 426 g/mol. The van der Waals surface area contributed by atoms with Gasteiger partial charge in [-0.2, -0.15) is 0 Å². The minimum atomic E-state index is -0.110. The van der Waals surface area contributed by atoms with Crippen LogP contribution >= 0.6 is 11.8 Å². The highest BCUT2D eigenvalue weighted by atomic mass is 32.2. The van der Waals surface area contributed by atoms with Gasteiger partial charge in [-0.1, -0.05) is 60.3 Å². The number of thioether (sulfide) groups is 1. The molecule has 0 N–H and O–H groups in total. The van der Waals surface area contributed by atoms with Crippen LogP contribution in [0.3, 0.4) is 0 Å². The molecule has 0 bridgehead atoms. The smallest absolute Gasteiger partial charge is 0.282 e. The van der Waals surface area contributed by atoms with Crippen LogP contribution in [0.15, 0.2) is 81.9 Å². The van der Waals surface area contributed by atoms with Crippen molar-refractivity contribution in [3.05, 3.63) is 88.5 Å². The van der Waals surface area contributed by atoms with Gasteiger partial charge in [-0.05, 0) is 23.6 Å². The van der Waals surface area contributed by atoms with Crippen LogP contribution in [0.2, 0.25) is 0 Å². The number of hydrogen-bond acceptors (Lipinski definition) is 6. The van der Waals surface area contributed by atoms with E-state index in [4.69, 9.17) is 9.98 Å². The van der Waals surface area contributed by atoms with E-state index in [1.165, 1.54) is 11.1 Å². The average Bonchev–Trinajstić information content (AvgIpc) is 3.48. The van der Waals surface area contributed by atoms with Gasteiger partial charge in [0.15, 0.2) is 16.3 Å². The lowest BCUT2D eigenvalue weighted by Crippen LogP contribution is -2.24. The normalized spacial score (nSPS) is 19.3. The van der Waals surface area contributed by atoms with E-state index in [0.29, 0.717) is 28.0 Å². The van der Waals surface area contributed by atoms with Crippen molar-refractivity contribution in [2.45, 2.75) is 30.0 Å². The third kappa shape index (κ3) is 3.35. The van der Waals surface area contributed by atoms with Crippen molar-refractivity contribution in [1.82, 2.24) is 19.5 Å². The lowest BCUT2D eigenvalue weighted by Gasteiger charge is -2.12. The number of nitrogens with zero attached hydrogens (tertiary/aromatic N) is 5. The van der Waals surface area contributed by atoms with Crippen molar-refractivity contribution < 1.29 is 0 Å². The Bertz CT molecular complexity index is 1380. The first-order valence-corrected chi connectivity index (χ1v) is 11.3. The fourth-order valence-corrected chi connectivity index (χ4v) is 5.23. The lowest BCUT2D eigenvalue weighted by molar-refractivity contribution is 0.601. The number of rotatable bonds is 5. The summed E-state index contributed by atoms with van der Waals surface area (Å²) in [5, 5.41) is 0.695. The maximum Gasteiger partial charge on any atom is 0.282 e. The molecular weight excluding hydrogens is 406 g/mol. The largest absolute Gasteiger partial charge is 0.282 e. The van der Waals surface area contributed by atoms with E-state index in [1.807, 2.05) is 41.0 Å². The molecule has 1 fully saturated rings. The summed E-state index contributed by atoms with van der Waals surface area (Å²) in [6.07, 6.45) is 4.90. The molecule has 0 amide bonds. The van der Waals surface area contributed by atoms with Gasteiger partial charge in [0.05, 0.1) is 5.69 Å². The second kappa shape index (κ2) is 7.42. The summed E-state index contributed by atoms with van der Waals surface area (Å²) in [5.74, 6) is 1.01. The molecule has 0 spiro atoms. The summed E-state index contributed by atoms with van der Waals surface area (Å²) in [6.45, 7) is 0. The predicted octanol–water partition coefficient (Wildman–Crippen LogP) is 4.34. The fraction of sp³-hybridized carbons (Fsp3) is 0.208. The van der Waals surface area contributed by atoms with E-state index >= 15 is 0 Å². The number of aromatic nitrogens is 4. The molecule has 31 heavy (non-hydrogen) atoms. The van der Waals surface area contributed by atoms with Gasteiger partial charge in [-0.3, -0.25) is 14.4 Å². The Labute approximate surface area is 183 Å². The van der Waals surface area contributed by atoms with Crippen LogP contribution in [0.25, 0.3) is 11.2 Å². The summed E-state index contributed by atoms with van der Waals surface area (Å²) >= 11 is 1.56. The summed E-state index contributed by atoms with van der Waals surface area (Å²) in [5.41, 5.74) is 5.27. The highest BCUT2D eigenvalue weighted by molar-refractivity contribution is 7.99. The van der Waals surface area contributed by atoms with Crippen molar-refractivity contribution in [3.8, 4) is 0 Å². The van der Waals surface area contributed by atoms with Crippen molar-refractivity contribution in [2.75, 3.05) is 5.75 Å². The molecule has 6 nitrogen and oxygen atoms in total. The summed E-state index contributed by atoms with van der Waals surface area (Å²) < 4.78 is 1.84. The lowest BCUT2D eigenvalue weighted by atomic mass is 10.1. The van der Waals surface area contributed by atoms with Crippen LogP contribution < -0.4 is 5.56 Å². The van der Waals surface area contributed by atoms with Gasteiger partial charge in [-0.15, -0.1) is 0 Å². The zero-order chi connectivity index (χ0) is 20.8. The number of benzene rings is 2. The zero-order valence-electron chi connectivity index (χ0n) is 16.7. The SMILES string of the molecule is O=c1c2nccnc2nc(SCC2=Nc3ccccc3C2)n1C1CC1c1ccccc1. The second-order valence-corrected chi connectivity index (χ2v) is 8.83. The molecule has 7 heteroatoms. The third-order valence-electron chi connectivity index (χ3n) is 5.86. The number of fused-ring (bicyclic) bond motifs is 2. The molecule has 1 aliphatic carbocycles. The summed E-state index contributed by atoms with van der Waals surface area (Å²) in [7, 11) is 0. The first-order chi connectivity index (χ1) is 15.3. The Kier molecular flexibility index (Phi) is 4.42. The third-order valence-corrected chi connectivity index (χ3v) is 6.88. The Balaban J connectivity index is 1.34. The Morgan fingerprint density at radius 2 is 1.81 bits per heavy atom. The van der Waals surface area contributed by atoms with Crippen LogP contribution in [0.5, 0.6) is 0 Å². The summed E-state index contributed by atoms with van der Waals surface area (Å²) in [4.78, 5) is 31.4. The van der Waals surface area contributed by atoms with Crippen LogP contribution in [-0.2, 0) is 6.42 Å². The highest BCUT2D eigenvalue weighted by Gasteiger charge is 2.42. The molecule has 2 aromatic carbocycles. The molecule has 0 saturated heterocycles. The number of para-hydroxylation sites is 1. The monoisotopic (exact) mass is 425 g/mol. The molecular formula is C24H19N5OS. The van der Waals surface area contributed by atoms with E-state index in [1.54, 1.807) is 24.2 Å².